The summed E-state index contributed by atoms with van der Waals surface area (Å²) >= 11 is 2.84. The second-order valence-corrected chi connectivity index (χ2v) is 3.67. The van der Waals surface area contributed by atoms with Gasteiger partial charge in [0.05, 0.1) is 22.2 Å². The molecule has 0 atom stereocenters. The van der Waals surface area contributed by atoms with Gasteiger partial charge < -0.3 is 4.74 Å². The molecule has 1 heterocycles. The van der Waals surface area contributed by atoms with E-state index >= 15 is 0 Å². The minimum Gasteiger partial charge on any atom is -0.462 e. The number of nitrogens with zero attached hydrogens (tertiary/aromatic N) is 2. The van der Waals surface area contributed by atoms with Gasteiger partial charge in [-0.25, -0.2) is 13.6 Å². The Labute approximate surface area is 104 Å². The number of alkyl halides is 2. The minimum absolute atomic E-state index is 0.123. The Hall–Kier alpha value is -1.55. The van der Waals surface area contributed by atoms with E-state index in [1.807, 2.05) is 0 Å². The summed E-state index contributed by atoms with van der Waals surface area (Å²) in [7, 11) is 0. The number of carbonyl (C=O) groups is 1. The van der Waals surface area contributed by atoms with Gasteiger partial charge in [-0.3, -0.25) is 4.98 Å². The van der Waals surface area contributed by atoms with Gasteiger partial charge in [-0.2, -0.15) is 5.26 Å². The van der Waals surface area contributed by atoms with E-state index in [0.717, 1.165) is 6.20 Å². The van der Waals surface area contributed by atoms with E-state index in [1.54, 1.807) is 13.0 Å². The van der Waals surface area contributed by atoms with Crippen LogP contribution in [0.25, 0.3) is 0 Å². The number of halogens is 3. The van der Waals surface area contributed by atoms with Gasteiger partial charge in [0.25, 0.3) is 6.43 Å². The molecular weight excluding hydrogens is 298 g/mol. The van der Waals surface area contributed by atoms with Gasteiger partial charge in [0.2, 0.25) is 0 Å². The summed E-state index contributed by atoms with van der Waals surface area (Å²) in [5, 5.41) is 8.86. The molecule has 90 valence electrons. The predicted molar refractivity (Wildman–Crippen MR) is 57.6 cm³/mol. The van der Waals surface area contributed by atoms with Crippen LogP contribution in [-0.2, 0) is 4.74 Å². The summed E-state index contributed by atoms with van der Waals surface area (Å²) in [4.78, 5) is 14.9. The van der Waals surface area contributed by atoms with Gasteiger partial charge in [0.15, 0.2) is 0 Å². The van der Waals surface area contributed by atoms with Crippen molar-refractivity contribution in [3.8, 4) is 6.07 Å². The highest BCUT2D eigenvalue weighted by Crippen LogP contribution is 2.29. The van der Waals surface area contributed by atoms with Crippen LogP contribution in [0.3, 0.4) is 0 Å². The summed E-state index contributed by atoms with van der Waals surface area (Å²) in [6, 6.07) is 1.68. The SMILES string of the molecule is CCOC(=O)c1cnc(C(F)F)c(Br)c1C#N. The van der Waals surface area contributed by atoms with E-state index in [-0.39, 0.29) is 22.2 Å². The topological polar surface area (TPSA) is 63.0 Å². The molecule has 0 aliphatic carbocycles. The second kappa shape index (κ2) is 5.68. The summed E-state index contributed by atoms with van der Waals surface area (Å²) < 4.78 is 29.5. The lowest BCUT2D eigenvalue weighted by molar-refractivity contribution is 0.0524. The lowest BCUT2D eigenvalue weighted by Crippen LogP contribution is -2.09. The standard InChI is InChI=1S/C10H7BrF2N2O2/c1-2-17-10(16)6-4-15-8(9(12)13)7(11)5(6)3-14/h4,9H,2H2,1H3. The molecule has 0 aliphatic rings. The summed E-state index contributed by atoms with van der Waals surface area (Å²) in [6.45, 7) is 1.72. The summed E-state index contributed by atoms with van der Waals surface area (Å²) in [5.41, 5.74) is -0.908. The van der Waals surface area contributed by atoms with Crippen LogP contribution in [0.15, 0.2) is 10.7 Å². The van der Waals surface area contributed by atoms with E-state index in [9.17, 15) is 13.6 Å². The first kappa shape index (κ1) is 13.5. The first-order chi connectivity index (χ1) is 8.02. The van der Waals surface area contributed by atoms with Gasteiger partial charge in [0, 0.05) is 6.20 Å². The molecule has 0 aromatic carbocycles. The predicted octanol–water partition coefficient (Wildman–Crippen LogP) is 2.83. The Morgan fingerprint density at radius 3 is 2.82 bits per heavy atom. The lowest BCUT2D eigenvalue weighted by Gasteiger charge is -2.08. The fourth-order valence-corrected chi connectivity index (χ4v) is 1.70. The fraction of sp³-hybridized carbons (Fsp3) is 0.300. The van der Waals surface area contributed by atoms with Crippen molar-refractivity contribution in [3.05, 3.63) is 27.5 Å². The summed E-state index contributed by atoms with van der Waals surface area (Å²) in [6.07, 6.45) is -1.91. The minimum atomic E-state index is -2.83. The highest BCUT2D eigenvalue weighted by Gasteiger charge is 2.22. The molecule has 1 aromatic heterocycles. The van der Waals surface area contributed by atoms with Gasteiger partial charge in [-0.15, -0.1) is 0 Å². The molecule has 1 rings (SSSR count). The van der Waals surface area contributed by atoms with Crippen LogP contribution in [0.4, 0.5) is 8.78 Å². The average Bonchev–Trinajstić information content (AvgIpc) is 2.28. The van der Waals surface area contributed by atoms with Gasteiger partial charge in [-0.1, -0.05) is 0 Å². The molecule has 0 amide bonds. The molecule has 0 saturated heterocycles. The van der Waals surface area contributed by atoms with Crippen LogP contribution in [0.1, 0.15) is 35.0 Å². The normalized spacial score (nSPS) is 10.1. The quantitative estimate of drug-likeness (QED) is 0.806. The number of pyridine rings is 1. The van der Waals surface area contributed by atoms with Gasteiger partial charge in [-0.05, 0) is 22.9 Å². The smallest absolute Gasteiger partial charge is 0.341 e. The third-order valence-electron chi connectivity index (χ3n) is 1.86. The van der Waals surface area contributed by atoms with Crippen molar-refractivity contribution in [1.29, 1.82) is 5.26 Å². The van der Waals surface area contributed by atoms with Crippen molar-refractivity contribution in [2.45, 2.75) is 13.3 Å². The molecular formula is C10H7BrF2N2O2. The van der Waals surface area contributed by atoms with Crippen molar-refractivity contribution in [3.63, 3.8) is 0 Å². The molecule has 0 fully saturated rings. The maximum Gasteiger partial charge on any atom is 0.341 e. The number of nitriles is 1. The van der Waals surface area contributed by atoms with Crippen LogP contribution < -0.4 is 0 Å². The molecule has 0 radical (unpaired) electrons. The van der Waals surface area contributed by atoms with Crippen molar-refractivity contribution >= 4 is 21.9 Å². The zero-order valence-electron chi connectivity index (χ0n) is 8.71. The average molecular weight is 305 g/mol. The number of esters is 1. The third kappa shape index (κ3) is 2.77. The Kier molecular flexibility index (Phi) is 4.52. The van der Waals surface area contributed by atoms with Gasteiger partial charge >= 0.3 is 5.97 Å². The van der Waals surface area contributed by atoms with Crippen LogP contribution in [0.5, 0.6) is 0 Å². The van der Waals surface area contributed by atoms with Gasteiger partial charge in [0.1, 0.15) is 11.8 Å². The monoisotopic (exact) mass is 304 g/mol. The lowest BCUT2D eigenvalue weighted by atomic mass is 10.1. The zero-order chi connectivity index (χ0) is 13.0. The van der Waals surface area contributed by atoms with E-state index in [0.29, 0.717) is 0 Å². The summed E-state index contributed by atoms with van der Waals surface area (Å²) in [5.74, 6) is -0.766. The number of ether oxygens (including phenoxy) is 1. The molecule has 0 saturated carbocycles. The number of rotatable bonds is 3. The molecule has 1 aromatic rings. The molecule has 0 bridgehead atoms. The molecule has 7 heteroatoms. The van der Waals surface area contributed by atoms with Crippen molar-refractivity contribution in [1.82, 2.24) is 4.98 Å². The van der Waals surface area contributed by atoms with E-state index in [2.05, 4.69) is 25.7 Å². The first-order valence-electron chi connectivity index (χ1n) is 4.56. The number of hydrogen-bond acceptors (Lipinski definition) is 4. The number of carbonyl (C=O) groups excluding carboxylic acids is 1. The van der Waals surface area contributed by atoms with E-state index in [1.165, 1.54) is 0 Å². The van der Waals surface area contributed by atoms with Crippen molar-refractivity contribution < 1.29 is 18.3 Å². The molecule has 17 heavy (non-hydrogen) atoms. The fourth-order valence-electron chi connectivity index (χ4n) is 1.13. The van der Waals surface area contributed by atoms with E-state index < -0.39 is 18.1 Å². The zero-order valence-corrected chi connectivity index (χ0v) is 10.3. The van der Waals surface area contributed by atoms with E-state index in [4.69, 9.17) is 5.26 Å². The highest BCUT2D eigenvalue weighted by atomic mass is 79.9. The van der Waals surface area contributed by atoms with Crippen LogP contribution in [0, 0.1) is 11.3 Å². The Balaban J connectivity index is 3.32. The first-order valence-corrected chi connectivity index (χ1v) is 5.36. The maximum absolute atomic E-state index is 12.5. The third-order valence-corrected chi connectivity index (χ3v) is 2.66. The molecule has 4 nitrogen and oxygen atoms in total. The largest absolute Gasteiger partial charge is 0.462 e. The second-order valence-electron chi connectivity index (χ2n) is 2.88. The highest BCUT2D eigenvalue weighted by molar-refractivity contribution is 9.10. The van der Waals surface area contributed by atoms with Crippen LogP contribution >= 0.6 is 15.9 Å². The number of aromatic nitrogens is 1. The molecule has 0 aliphatic heterocycles. The molecule has 0 unspecified atom stereocenters. The van der Waals surface area contributed by atoms with Crippen molar-refractivity contribution in [2.24, 2.45) is 0 Å². The molecule has 0 N–H and O–H groups in total. The Morgan fingerprint density at radius 2 is 2.35 bits per heavy atom. The Morgan fingerprint density at radius 1 is 1.71 bits per heavy atom. The van der Waals surface area contributed by atoms with Crippen LogP contribution in [0.2, 0.25) is 0 Å². The maximum atomic E-state index is 12.5. The Bertz CT molecular complexity index is 486. The number of hydrogen-bond donors (Lipinski definition) is 0. The van der Waals surface area contributed by atoms with Crippen molar-refractivity contribution in [2.75, 3.05) is 6.61 Å². The van der Waals surface area contributed by atoms with Crippen LogP contribution in [-0.4, -0.2) is 17.6 Å². The molecule has 0 spiro atoms.